The van der Waals surface area contributed by atoms with Crippen molar-refractivity contribution >= 4 is 22.2 Å². The van der Waals surface area contributed by atoms with Gasteiger partial charge in [-0.2, -0.15) is 8.42 Å². The largest absolute Gasteiger partial charge is 0.449 e. The fourth-order valence-electron chi connectivity index (χ4n) is 1.58. The number of ether oxygens (including phenoxy) is 2. The Hall–Kier alpha value is -2.29. The highest BCUT2D eigenvalue weighted by Gasteiger charge is 2.33. The van der Waals surface area contributed by atoms with E-state index in [1.807, 2.05) is 5.43 Å². The van der Waals surface area contributed by atoms with Gasteiger partial charge in [0.2, 0.25) is 0 Å². The molecule has 1 aromatic rings. The minimum atomic E-state index is -4.32. The number of hydrogen-bond donors (Lipinski definition) is 1. The first-order chi connectivity index (χ1) is 10.3. The topological polar surface area (TPSA) is 102 Å². The first-order valence-electron chi connectivity index (χ1n) is 6.55. The van der Waals surface area contributed by atoms with Gasteiger partial charge in [-0.25, -0.2) is 15.0 Å². The van der Waals surface area contributed by atoms with E-state index in [4.69, 9.17) is 0 Å². The quantitative estimate of drug-likeness (QED) is 0.845. The molecule has 0 saturated carbocycles. The standard InChI is InChI=1S/C13H18N2O6S/c1-4-20-12(16)14-15(13(17)21-5-2)22(18,19)11-9-7-6-8-10(11)3/h6-9H,4-5H2,1-3H3,(H,14,16). The lowest BCUT2D eigenvalue weighted by atomic mass is 10.2. The molecule has 0 aliphatic heterocycles. The van der Waals surface area contributed by atoms with E-state index in [0.29, 0.717) is 5.56 Å². The van der Waals surface area contributed by atoms with Crippen molar-refractivity contribution in [3.8, 4) is 0 Å². The van der Waals surface area contributed by atoms with Crippen molar-refractivity contribution in [2.24, 2.45) is 0 Å². The Balaban J connectivity index is 3.22. The third kappa shape index (κ3) is 4.10. The number of carbonyl (C=O) groups is 2. The predicted molar refractivity (Wildman–Crippen MR) is 77.4 cm³/mol. The van der Waals surface area contributed by atoms with Gasteiger partial charge in [-0.3, -0.25) is 0 Å². The predicted octanol–water partition coefficient (Wildman–Crippen LogP) is 1.80. The Kier molecular flexibility index (Phi) is 6.17. The molecule has 0 spiro atoms. The van der Waals surface area contributed by atoms with Gasteiger partial charge in [0, 0.05) is 0 Å². The summed E-state index contributed by atoms with van der Waals surface area (Å²) in [6.45, 7) is 4.60. The number of rotatable bonds is 4. The van der Waals surface area contributed by atoms with E-state index >= 15 is 0 Å². The molecule has 0 heterocycles. The Morgan fingerprint density at radius 3 is 2.27 bits per heavy atom. The molecule has 1 aromatic carbocycles. The molecular weight excluding hydrogens is 312 g/mol. The highest BCUT2D eigenvalue weighted by Crippen LogP contribution is 2.19. The molecule has 8 nitrogen and oxygen atoms in total. The maximum absolute atomic E-state index is 12.6. The van der Waals surface area contributed by atoms with E-state index in [1.54, 1.807) is 26.0 Å². The Morgan fingerprint density at radius 1 is 1.14 bits per heavy atom. The summed E-state index contributed by atoms with van der Waals surface area (Å²) in [5.74, 6) is 0. The summed E-state index contributed by atoms with van der Waals surface area (Å²) < 4.78 is 34.5. The van der Waals surface area contributed by atoms with Crippen LogP contribution in [0, 0.1) is 6.92 Å². The number of hydrogen-bond acceptors (Lipinski definition) is 6. The second-order valence-electron chi connectivity index (χ2n) is 4.07. The van der Waals surface area contributed by atoms with Gasteiger partial charge < -0.3 is 9.47 Å². The summed E-state index contributed by atoms with van der Waals surface area (Å²) in [6, 6.07) is 6.06. The number of aryl methyl sites for hydroxylation is 1. The molecule has 0 aliphatic carbocycles. The van der Waals surface area contributed by atoms with Crippen LogP contribution in [0.5, 0.6) is 0 Å². The Labute approximate surface area is 129 Å². The van der Waals surface area contributed by atoms with Crippen LogP contribution >= 0.6 is 0 Å². The van der Waals surface area contributed by atoms with E-state index in [1.165, 1.54) is 19.1 Å². The molecule has 1 N–H and O–H groups in total. The summed E-state index contributed by atoms with van der Waals surface area (Å²) in [4.78, 5) is 23.2. The fourth-order valence-corrected chi connectivity index (χ4v) is 2.94. The monoisotopic (exact) mass is 330 g/mol. The number of benzene rings is 1. The lowest BCUT2D eigenvalue weighted by Gasteiger charge is -2.22. The number of nitrogens with one attached hydrogen (secondary N) is 1. The molecular formula is C13H18N2O6S. The van der Waals surface area contributed by atoms with Gasteiger partial charge >= 0.3 is 12.2 Å². The summed E-state index contributed by atoms with van der Waals surface area (Å²) in [5.41, 5.74) is 2.30. The zero-order valence-electron chi connectivity index (χ0n) is 12.5. The van der Waals surface area contributed by atoms with Crippen LogP contribution in [0.25, 0.3) is 0 Å². The van der Waals surface area contributed by atoms with Crippen LogP contribution in [0.3, 0.4) is 0 Å². The summed E-state index contributed by atoms with van der Waals surface area (Å²) >= 11 is 0. The zero-order valence-corrected chi connectivity index (χ0v) is 13.3. The van der Waals surface area contributed by atoms with Crippen LogP contribution < -0.4 is 5.43 Å². The normalized spacial score (nSPS) is 10.7. The third-order valence-electron chi connectivity index (χ3n) is 2.51. The molecule has 1 rings (SSSR count). The van der Waals surface area contributed by atoms with E-state index in [-0.39, 0.29) is 22.5 Å². The van der Waals surface area contributed by atoms with Gasteiger partial charge in [0.15, 0.2) is 0 Å². The van der Waals surface area contributed by atoms with Crippen molar-refractivity contribution in [1.82, 2.24) is 9.84 Å². The maximum atomic E-state index is 12.6. The highest BCUT2D eigenvalue weighted by molar-refractivity contribution is 7.89. The van der Waals surface area contributed by atoms with Crippen molar-refractivity contribution in [1.29, 1.82) is 0 Å². The highest BCUT2D eigenvalue weighted by atomic mass is 32.2. The van der Waals surface area contributed by atoms with Crippen molar-refractivity contribution in [2.45, 2.75) is 25.7 Å². The zero-order chi connectivity index (χ0) is 16.8. The van der Waals surface area contributed by atoms with Crippen molar-refractivity contribution in [2.75, 3.05) is 13.2 Å². The second kappa shape index (κ2) is 7.64. The van der Waals surface area contributed by atoms with Gasteiger partial charge in [0.25, 0.3) is 10.0 Å². The van der Waals surface area contributed by atoms with Crippen molar-refractivity contribution in [3.05, 3.63) is 29.8 Å². The molecule has 0 bridgehead atoms. The molecule has 2 amide bonds. The average molecular weight is 330 g/mol. The van der Waals surface area contributed by atoms with E-state index in [2.05, 4.69) is 9.47 Å². The second-order valence-corrected chi connectivity index (χ2v) is 5.82. The maximum Gasteiger partial charge on any atom is 0.443 e. The number of carbonyl (C=O) groups excluding carboxylic acids is 2. The molecule has 9 heteroatoms. The lowest BCUT2D eigenvalue weighted by Crippen LogP contribution is -2.50. The SMILES string of the molecule is CCOC(=O)NN(C(=O)OCC)S(=O)(=O)c1ccccc1C. The summed E-state index contributed by atoms with van der Waals surface area (Å²) in [7, 11) is -4.32. The van der Waals surface area contributed by atoms with Crippen LogP contribution in [0.4, 0.5) is 9.59 Å². The van der Waals surface area contributed by atoms with E-state index in [0.717, 1.165) is 0 Å². The Morgan fingerprint density at radius 2 is 1.73 bits per heavy atom. The van der Waals surface area contributed by atoms with Crippen LogP contribution in [0.2, 0.25) is 0 Å². The number of hydrazine groups is 1. The van der Waals surface area contributed by atoms with Gasteiger partial charge in [0.05, 0.1) is 18.1 Å². The smallest absolute Gasteiger partial charge is 0.443 e. The molecule has 0 aromatic heterocycles. The van der Waals surface area contributed by atoms with Crippen molar-refractivity contribution in [3.63, 3.8) is 0 Å². The molecule has 0 unspecified atom stereocenters. The molecule has 0 fully saturated rings. The molecule has 122 valence electrons. The van der Waals surface area contributed by atoms with Gasteiger partial charge in [-0.1, -0.05) is 18.2 Å². The number of nitrogens with zero attached hydrogens (tertiary/aromatic N) is 1. The molecule has 0 aliphatic rings. The van der Waals surface area contributed by atoms with Crippen LogP contribution in [-0.2, 0) is 19.5 Å². The molecule has 0 saturated heterocycles. The van der Waals surface area contributed by atoms with Crippen LogP contribution in [-0.4, -0.2) is 38.2 Å². The number of sulfonamides is 1. The van der Waals surface area contributed by atoms with Gasteiger partial charge in [-0.05, 0) is 32.4 Å². The third-order valence-corrected chi connectivity index (χ3v) is 4.25. The van der Waals surface area contributed by atoms with Crippen LogP contribution in [0.1, 0.15) is 19.4 Å². The molecule has 22 heavy (non-hydrogen) atoms. The van der Waals surface area contributed by atoms with E-state index < -0.39 is 22.2 Å². The fraction of sp³-hybridized carbons (Fsp3) is 0.385. The summed E-state index contributed by atoms with van der Waals surface area (Å²) in [5, 5.41) is 0. The van der Waals surface area contributed by atoms with Gasteiger partial charge in [-0.15, -0.1) is 4.41 Å². The first kappa shape index (κ1) is 17.8. The molecule has 0 radical (unpaired) electrons. The minimum absolute atomic E-state index is 0.0207. The average Bonchev–Trinajstić information content (AvgIpc) is 2.45. The van der Waals surface area contributed by atoms with Crippen LogP contribution in [0.15, 0.2) is 29.2 Å². The summed E-state index contributed by atoms with van der Waals surface area (Å²) in [6.07, 6.45) is -2.30. The molecule has 0 atom stereocenters. The van der Waals surface area contributed by atoms with E-state index in [9.17, 15) is 18.0 Å². The van der Waals surface area contributed by atoms with Gasteiger partial charge in [0.1, 0.15) is 0 Å². The first-order valence-corrected chi connectivity index (χ1v) is 7.99. The minimum Gasteiger partial charge on any atom is -0.449 e. The van der Waals surface area contributed by atoms with Crippen molar-refractivity contribution < 1.29 is 27.5 Å². The lowest BCUT2D eigenvalue weighted by molar-refractivity contribution is 0.103. The number of amides is 2. The Bertz CT molecular complexity index is 644.